The van der Waals surface area contributed by atoms with E-state index < -0.39 is 24.0 Å². The molecule has 2 atom stereocenters. The number of carbonyl (C=O) groups excluding carboxylic acids is 1. The lowest BCUT2D eigenvalue weighted by Crippen LogP contribution is -2.39. The molecule has 2 rings (SSSR count). The smallest absolute Gasteiger partial charge is 0.479 e. The Morgan fingerprint density at radius 2 is 2.06 bits per heavy atom. The highest BCUT2D eigenvalue weighted by Crippen LogP contribution is 2.43. The van der Waals surface area contributed by atoms with Crippen molar-refractivity contribution in [2.24, 2.45) is 0 Å². The van der Waals surface area contributed by atoms with Crippen molar-refractivity contribution < 1.29 is 32.2 Å². The first-order chi connectivity index (χ1) is 15.4. The minimum atomic E-state index is -4.75. The maximum atomic E-state index is 12.7. The van der Waals surface area contributed by atoms with Crippen molar-refractivity contribution in [1.29, 1.82) is 0 Å². The van der Waals surface area contributed by atoms with Crippen LogP contribution in [0.1, 0.15) is 40.5 Å². The Labute approximate surface area is 192 Å². The van der Waals surface area contributed by atoms with E-state index in [-0.39, 0.29) is 12.4 Å². The molecule has 2 aliphatic rings. The number of hydrogen-bond donors (Lipinski definition) is 1. The summed E-state index contributed by atoms with van der Waals surface area (Å²) in [4.78, 5) is 12.0. The molecule has 0 saturated carbocycles. The van der Waals surface area contributed by atoms with E-state index in [2.05, 4.69) is 23.2 Å². The Hall–Kier alpha value is -3.16. The summed E-state index contributed by atoms with van der Waals surface area (Å²) < 4.78 is 53.0. The zero-order valence-corrected chi connectivity index (χ0v) is 19.3. The third-order valence-electron chi connectivity index (χ3n) is 5.31. The van der Waals surface area contributed by atoms with Gasteiger partial charge in [0.05, 0.1) is 5.54 Å². The van der Waals surface area contributed by atoms with Gasteiger partial charge in [0, 0.05) is 5.70 Å². The van der Waals surface area contributed by atoms with Crippen molar-refractivity contribution >= 4 is 5.97 Å². The Kier molecular flexibility index (Phi) is 8.41. The highest BCUT2D eigenvalue weighted by molar-refractivity contribution is 5.74. The maximum absolute atomic E-state index is 12.7. The zero-order chi connectivity index (χ0) is 24.8. The first-order valence-electron chi connectivity index (χ1n) is 10.5. The zero-order valence-electron chi connectivity index (χ0n) is 19.3. The van der Waals surface area contributed by atoms with Crippen LogP contribution in [0.5, 0.6) is 0 Å². The highest BCUT2D eigenvalue weighted by Gasteiger charge is 2.41. The molecule has 1 unspecified atom stereocenters. The summed E-state index contributed by atoms with van der Waals surface area (Å²) in [6, 6.07) is 0. The number of fused-ring (bicyclic) bond motifs is 1. The van der Waals surface area contributed by atoms with Gasteiger partial charge in [0.1, 0.15) is 18.1 Å². The molecule has 0 aromatic heterocycles. The van der Waals surface area contributed by atoms with Crippen LogP contribution in [-0.4, -0.2) is 30.6 Å². The molecule has 0 spiro atoms. The third-order valence-corrected chi connectivity index (χ3v) is 5.31. The molecule has 0 bridgehead atoms. The number of ether oxygens (including phenoxy) is 3. The fraction of sp³-hybridized carbons (Fsp3) is 0.400. The largest absolute Gasteiger partial charge is 0.573 e. The predicted octanol–water partition coefficient (Wildman–Crippen LogP) is 5.91. The monoisotopic (exact) mass is 465 g/mol. The average molecular weight is 466 g/mol. The number of allylic oxidation sites excluding steroid dienone is 6. The predicted molar refractivity (Wildman–Crippen MR) is 121 cm³/mol. The summed E-state index contributed by atoms with van der Waals surface area (Å²) >= 11 is 0. The molecule has 1 heterocycles. The van der Waals surface area contributed by atoms with Gasteiger partial charge in [0.15, 0.2) is 6.10 Å². The molecule has 0 aromatic carbocycles. The molecular weight excluding hydrogens is 435 g/mol. The van der Waals surface area contributed by atoms with Crippen LogP contribution < -0.4 is 5.32 Å². The van der Waals surface area contributed by atoms with Crippen molar-refractivity contribution in [2.45, 2.75) is 58.5 Å². The molecule has 1 aliphatic carbocycles. The van der Waals surface area contributed by atoms with Gasteiger partial charge in [-0.05, 0) is 81.6 Å². The van der Waals surface area contributed by atoms with E-state index in [0.29, 0.717) is 18.6 Å². The van der Waals surface area contributed by atoms with Gasteiger partial charge in [-0.15, -0.1) is 13.2 Å². The first-order valence-corrected chi connectivity index (χ1v) is 10.5. The van der Waals surface area contributed by atoms with Gasteiger partial charge in [0.2, 0.25) is 0 Å². The van der Waals surface area contributed by atoms with Crippen LogP contribution in [0.15, 0.2) is 83.5 Å². The van der Waals surface area contributed by atoms with Crippen molar-refractivity contribution in [3.8, 4) is 0 Å². The lowest BCUT2D eigenvalue weighted by molar-refractivity contribution is -0.303. The van der Waals surface area contributed by atoms with Gasteiger partial charge in [0.25, 0.3) is 0 Å². The van der Waals surface area contributed by atoms with E-state index >= 15 is 0 Å². The Morgan fingerprint density at radius 1 is 1.36 bits per heavy atom. The normalized spacial score (nSPS) is 21.9. The number of rotatable bonds is 10. The van der Waals surface area contributed by atoms with Crippen molar-refractivity contribution in [1.82, 2.24) is 5.32 Å². The number of carbonyl (C=O) groups is 1. The van der Waals surface area contributed by atoms with E-state index in [4.69, 9.17) is 9.47 Å². The van der Waals surface area contributed by atoms with E-state index in [1.165, 1.54) is 18.2 Å². The van der Waals surface area contributed by atoms with Gasteiger partial charge in [-0.25, -0.2) is 4.79 Å². The second kappa shape index (κ2) is 10.6. The summed E-state index contributed by atoms with van der Waals surface area (Å²) in [5.41, 5.74) is 2.70. The molecule has 8 heteroatoms. The molecule has 180 valence electrons. The van der Waals surface area contributed by atoms with Crippen molar-refractivity contribution in [3.63, 3.8) is 0 Å². The van der Waals surface area contributed by atoms with Crippen LogP contribution in [0.25, 0.3) is 0 Å². The van der Waals surface area contributed by atoms with Gasteiger partial charge in [-0.1, -0.05) is 25.3 Å². The number of hydrogen-bond acceptors (Lipinski definition) is 5. The Balaban J connectivity index is 2.23. The quantitative estimate of drug-likeness (QED) is 0.188. The third kappa shape index (κ3) is 6.91. The van der Waals surface area contributed by atoms with Crippen LogP contribution in [0.2, 0.25) is 0 Å². The van der Waals surface area contributed by atoms with Crippen LogP contribution in [0, 0.1) is 0 Å². The number of nitrogens with one attached hydrogen (secondary N) is 1. The molecule has 0 fully saturated rings. The number of esters is 1. The average Bonchev–Trinajstić information content (AvgIpc) is 2.98. The van der Waals surface area contributed by atoms with Crippen molar-refractivity contribution in [3.05, 3.63) is 83.5 Å². The standard InChI is InChI=1S/C25H30F3NO4/c1-7-12-31-23(30)17(5)32-19(9-3)13-18(8-2)14-21-16(4)29-24(6)11-10-20(15-22(21)24)33-25(26,27)28/h7-10,13,15,17,29H,1-2,11-12,14H2,3-6H3/b18-13+,19-9+/t17-,24?/m0/s1. The van der Waals surface area contributed by atoms with E-state index in [9.17, 15) is 18.0 Å². The SMILES string of the molecule is C=CCOC(=O)[C@H](C)OC(/C=C(\C=C)CC1=C(C)NC2(C)CC=C(OC(F)(F)F)C=C12)=C/C. The van der Waals surface area contributed by atoms with Crippen LogP contribution in [-0.2, 0) is 19.0 Å². The first kappa shape index (κ1) is 26.1. The van der Waals surface area contributed by atoms with E-state index in [1.54, 1.807) is 32.1 Å². The fourth-order valence-corrected chi connectivity index (χ4v) is 3.70. The van der Waals surface area contributed by atoms with Crippen molar-refractivity contribution in [2.75, 3.05) is 6.61 Å². The summed E-state index contributed by atoms with van der Waals surface area (Å²) in [7, 11) is 0. The van der Waals surface area contributed by atoms with Crippen LogP contribution in [0.4, 0.5) is 13.2 Å². The van der Waals surface area contributed by atoms with Crippen LogP contribution in [0.3, 0.4) is 0 Å². The maximum Gasteiger partial charge on any atom is 0.573 e. The summed E-state index contributed by atoms with van der Waals surface area (Å²) in [5, 5.41) is 3.38. The molecule has 1 aliphatic heterocycles. The number of halogens is 3. The molecule has 33 heavy (non-hydrogen) atoms. The van der Waals surface area contributed by atoms with Gasteiger partial charge in [-0.3, -0.25) is 0 Å². The molecule has 0 saturated heterocycles. The number of alkyl halides is 3. The minimum absolute atomic E-state index is 0.0915. The fourth-order valence-electron chi connectivity index (χ4n) is 3.70. The molecule has 5 nitrogen and oxygen atoms in total. The lowest BCUT2D eigenvalue weighted by Gasteiger charge is -2.31. The molecular formula is C25H30F3NO4. The Bertz CT molecular complexity index is 953. The minimum Gasteiger partial charge on any atom is -0.479 e. The van der Waals surface area contributed by atoms with E-state index in [0.717, 1.165) is 22.4 Å². The van der Waals surface area contributed by atoms with Gasteiger partial charge in [-0.2, -0.15) is 0 Å². The highest BCUT2D eigenvalue weighted by atomic mass is 19.4. The summed E-state index contributed by atoms with van der Waals surface area (Å²) in [6.45, 7) is 14.6. The van der Waals surface area contributed by atoms with Crippen LogP contribution >= 0.6 is 0 Å². The lowest BCUT2D eigenvalue weighted by atomic mass is 9.81. The second-order valence-corrected chi connectivity index (χ2v) is 7.95. The van der Waals surface area contributed by atoms with Gasteiger partial charge >= 0.3 is 12.3 Å². The molecule has 0 amide bonds. The van der Waals surface area contributed by atoms with E-state index in [1.807, 2.05) is 13.8 Å². The topological polar surface area (TPSA) is 56.8 Å². The Morgan fingerprint density at radius 3 is 2.64 bits per heavy atom. The molecule has 0 aromatic rings. The summed E-state index contributed by atoms with van der Waals surface area (Å²) in [5.74, 6) is -0.301. The second-order valence-electron chi connectivity index (χ2n) is 7.95. The van der Waals surface area contributed by atoms with Gasteiger partial charge < -0.3 is 19.5 Å². The molecule has 0 radical (unpaired) electrons. The molecule has 1 N–H and O–H groups in total. The summed E-state index contributed by atoms with van der Waals surface area (Å²) in [6.07, 6.45) is 4.60.